The first-order valence-corrected chi connectivity index (χ1v) is 22.8. The Labute approximate surface area is 340 Å². The molecule has 58 heavy (non-hydrogen) atoms. The molecule has 6 aromatic rings. The summed E-state index contributed by atoms with van der Waals surface area (Å²) in [5, 5.41) is 13.5. The molecule has 0 saturated carbocycles. The Morgan fingerprint density at radius 3 is 1.24 bits per heavy atom. The van der Waals surface area contributed by atoms with Gasteiger partial charge in [-0.15, -0.1) is 0 Å². The van der Waals surface area contributed by atoms with Crippen LogP contribution in [0.3, 0.4) is 0 Å². The number of fused-ring (bicyclic) bond motifs is 3. The maximum atomic E-state index is 15.0. The third-order valence-corrected chi connectivity index (χ3v) is 16.1. The number of carbonyl (C=O) groups is 1. The van der Waals surface area contributed by atoms with E-state index in [-0.39, 0.29) is 48.6 Å². The lowest BCUT2D eigenvalue weighted by Crippen LogP contribution is -2.48. The fourth-order valence-electron chi connectivity index (χ4n) is 7.37. The summed E-state index contributed by atoms with van der Waals surface area (Å²) in [5.74, 6) is -1.68. The van der Waals surface area contributed by atoms with Gasteiger partial charge in [-0.3, -0.25) is 4.79 Å². The lowest BCUT2D eigenvalue weighted by atomic mass is 10.1. The van der Waals surface area contributed by atoms with Crippen LogP contribution in [-0.2, 0) is 34.9 Å². The van der Waals surface area contributed by atoms with Crippen LogP contribution in [0.2, 0.25) is 0 Å². The molecule has 0 radical (unpaired) electrons. The van der Waals surface area contributed by atoms with Gasteiger partial charge in [-0.05, 0) is 55.7 Å². The van der Waals surface area contributed by atoms with Crippen molar-refractivity contribution in [3.63, 3.8) is 0 Å². The molecule has 6 rings (SSSR count). The maximum Gasteiger partial charge on any atom is 0.323 e. The SMILES string of the molecule is CN(C)c1cccc2c(S(=O)(=O)NCCCC[C@@H](C(=O)O)N(S(=O)(=O)c3cccc4c(N(C)C)cccc34)S(=O)(=O)c3cccc4c(N(C)C)cccc34)cccc12. The zero-order chi connectivity index (χ0) is 42.2. The van der Waals surface area contributed by atoms with Crippen molar-refractivity contribution in [1.82, 2.24) is 8.43 Å². The van der Waals surface area contributed by atoms with E-state index in [1.165, 1.54) is 30.3 Å². The third-order valence-electron chi connectivity index (χ3n) is 10.1. The van der Waals surface area contributed by atoms with Gasteiger partial charge in [-0.25, -0.2) is 30.0 Å². The van der Waals surface area contributed by atoms with E-state index in [1.807, 2.05) is 31.1 Å². The topological polar surface area (TPSA) is 165 Å². The number of anilines is 3. The van der Waals surface area contributed by atoms with E-state index in [0.29, 0.717) is 27.5 Å². The largest absolute Gasteiger partial charge is 0.480 e. The van der Waals surface area contributed by atoms with E-state index >= 15 is 16.8 Å². The van der Waals surface area contributed by atoms with Crippen LogP contribution in [0.15, 0.2) is 124 Å². The Hall–Kier alpha value is -5.26. The molecule has 306 valence electrons. The highest BCUT2D eigenvalue weighted by Gasteiger charge is 2.46. The standard InChI is InChI=1S/C42H47N5O8S3/c1-44(2)35-22-9-18-32-29(35)15-12-25-39(32)56(50,51)43-28-8-7-21-38(42(48)49)47(57(52,53)40-26-13-16-30-33(40)19-10-23-36(30)45(3)4)58(54,55)41-27-14-17-31-34(41)20-11-24-37(31)46(5)6/h9-20,22-27,38,43H,7-8,21,28H2,1-6H3,(H,48,49)/t38-/m0/s1. The van der Waals surface area contributed by atoms with Gasteiger partial charge in [0, 0.05) is 98.2 Å². The molecule has 0 aliphatic heterocycles. The summed E-state index contributed by atoms with van der Waals surface area (Å²) >= 11 is 0. The lowest BCUT2D eigenvalue weighted by molar-refractivity contribution is -0.140. The summed E-state index contributed by atoms with van der Waals surface area (Å²) in [7, 11) is -3.40. The summed E-state index contributed by atoms with van der Waals surface area (Å²) in [6, 6.07) is 27.2. The molecule has 13 nitrogen and oxygen atoms in total. The van der Waals surface area contributed by atoms with Crippen LogP contribution < -0.4 is 19.4 Å². The van der Waals surface area contributed by atoms with Crippen LogP contribution in [0, 0.1) is 0 Å². The molecule has 0 amide bonds. The minimum absolute atomic E-state index is 0.0397. The summed E-state index contributed by atoms with van der Waals surface area (Å²) in [5.41, 5.74) is 2.19. The summed E-state index contributed by atoms with van der Waals surface area (Å²) in [6.07, 6.45) is -0.412. The summed E-state index contributed by atoms with van der Waals surface area (Å²) in [6.45, 7) is -0.120. The molecule has 0 aliphatic rings. The van der Waals surface area contributed by atoms with E-state index in [0.717, 1.165) is 11.1 Å². The zero-order valence-electron chi connectivity index (χ0n) is 33.1. The summed E-state index contributed by atoms with van der Waals surface area (Å²) in [4.78, 5) is 18.0. The highest BCUT2D eigenvalue weighted by Crippen LogP contribution is 2.38. The molecular weight excluding hydrogens is 799 g/mol. The number of carboxylic acids is 1. The van der Waals surface area contributed by atoms with Crippen LogP contribution >= 0.6 is 0 Å². The molecule has 6 aromatic carbocycles. The number of hydrogen-bond acceptors (Lipinski definition) is 10. The van der Waals surface area contributed by atoms with Crippen molar-refractivity contribution in [1.29, 1.82) is 0 Å². The molecule has 0 bridgehead atoms. The van der Waals surface area contributed by atoms with Crippen molar-refractivity contribution in [3.05, 3.63) is 109 Å². The first-order valence-electron chi connectivity index (χ1n) is 18.5. The van der Waals surface area contributed by atoms with E-state index in [9.17, 15) is 18.3 Å². The van der Waals surface area contributed by atoms with Crippen molar-refractivity contribution in [3.8, 4) is 0 Å². The molecular formula is C42H47N5O8S3. The van der Waals surface area contributed by atoms with E-state index < -0.39 is 48.5 Å². The molecule has 1 atom stereocenters. The molecule has 0 spiro atoms. The Balaban J connectivity index is 1.38. The van der Waals surface area contributed by atoms with Gasteiger partial charge in [0.1, 0.15) is 6.04 Å². The van der Waals surface area contributed by atoms with Crippen molar-refractivity contribution in [2.45, 2.75) is 40.0 Å². The third kappa shape index (κ3) is 7.94. The number of rotatable bonds is 16. The van der Waals surface area contributed by atoms with Gasteiger partial charge in [0.05, 0.1) is 14.7 Å². The van der Waals surface area contributed by atoms with Gasteiger partial charge in [-0.2, -0.15) is 0 Å². The van der Waals surface area contributed by atoms with Gasteiger partial charge in [0.25, 0.3) is 20.0 Å². The number of aliphatic carboxylic acids is 1. The Morgan fingerprint density at radius 1 is 0.517 bits per heavy atom. The molecule has 2 N–H and O–H groups in total. The fraction of sp³-hybridized carbons (Fsp3) is 0.262. The van der Waals surface area contributed by atoms with Gasteiger partial charge in [0.2, 0.25) is 10.0 Å². The number of hydrogen-bond donors (Lipinski definition) is 2. The van der Waals surface area contributed by atoms with Crippen molar-refractivity contribution in [2.24, 2.45) is 0 Å². The van der Waals surface area contributed by atoms with Crippen LogP contribution in [0.4, 0.5) is 17.1 Å². The smallest absolute Gasteiger partial charge is 0.323 e. The van der Waals surface area contributed by atoms with Crippen LogP contribution in [0.25, 0.3) is 32.3 Å². The van der Waals surface area contributed by atoms with E-state index in [4.69, 9.17) is 0 Å². The fourth-order valence-corrected chi connectivity index (χ4v) is 13.0. The first-order chi connectivity index (χ1) is 27.4. The van der Waals surface area contributed by atoms with E-state index in [2.05, 4.69) is 4.72 Å². The van der Waals surface area contributed by atoms with Crippen LogP contribution in [0.1, 0.15) is 19.3 Å². The minimum atomic E-state index is -5.13. The normalized spacial score (nSPS) is 12.9. The molecule has 0 aliphatic carbocycles. The average Bonchev–Trinajstić information content (AvgIpc) is 3.18. The van der Waals surface area contributed by atoms with Gasteiger partial charge in [-0.1, -0.05) is 76.5 Å². The summed E-state index contributed by atoms with van der Waals surface area (Å²) < 4.78 is 90.0. The molecule has 0 saturated heterocycles. The average molecular weight is 846 g/mol. The molecule has 0 unspecified atom stereocenters. The Morgan fingerprint density at radius 2 is 0.862 bits per heavy atom. The monoisotopic (exact) mass is 845 g/mol. The van der Waals surface area contributed by atoms with E-state index in [1.54, 1.807) is 105 Å². The minimum Gasteiger partial charge on any atom is -0.480 e. The van der Waals surface area contributed by atoms with Crippen LogP contribution in [-0.4, -0.2) is 94.9 Å². The Kier molecular flexibility index (Phi) is 12.1. The predicted molar refractivity (Wildman–Crippen MR) is 231 cm³/mol. The molecule has 0 fully saturated rings. The van der Waals surface area contributed by atoms with Gasteiger partial charge in [0.15, 0.2) is 0 Å². The second-order valence-corrected chi connectivity index (χ2v) is 20.1. The second kappa shape index (κ2) is 16.5. The zero-order valence-corrected chi connectivity index (χ0v) is 35.6. The second-order valence-electron chi connectivity index (χ2n) is 14.6. The first kappa shape index (κ1) is 42.3. The van der Waals surface area contributed by atoms with Gasteiger partial charge < -0.3 is 19.8 Å². The highest BCUT2D eigenvalue weighted by atomic mass is 32.3. The highest BCUT2D eigenvalue weighted by molar-refractivity contribution is 8.04. The number of sulfonamides is 3. The number of unbranched alkanes of at least 4 members (excludes halogenated alkanes) is 1. The van der Waals surface area contributed by atoms with Gasteiger partial charge >= 0.3 is 5.97 Å². The lowest BCUT2D eigenvalue weighted by Gasteiger charge is -2.29. The van der Waals surface area contributed by atoms with Crippen molar-refractivity contribution < 1.29 is 35.2 Å². The Bertz CT molecular complexity index is 2740. The quantitative estimate of drug-likeness (QED) is 0.105. The number of benzene rings is 6. The molecule has 16 heteroatoms. The number of nitrogens with zero attached hydrogens (tertiary/aromatic N) is 4. The molecule has 0 heterocycles. The number of nitrogens with one attached hydrogen (secondary N) is 1. The van der Waals surface area contributed by atoms with Crippen LogP contribution in [0.5, 0.6) is 0 Å². The van der Waals surface area contributed by atoms with Crippen molar-refractivity contribution >= 4 is 85.4 Å². The maximum absolute atomic E-state index is 15.0. The predicted octanol–water partition coefficient (Wildman–Crippen LogP) is 6.33. The van der Waals surface area contributed by atoms with Crippen molar-refractivity contribution in [2.75, 3.05) is 63.5 Å². The molecule has 0 aromatic heterocycles. The number of carboxylic acid groups (broad SMARTS) is 1.